The minimum atomic E-state index is 0.0159. The Morgan fingerprint density at radius 3 is 2.21 bits per heavy atom. The summed E-state index contributed by atoms with van der Waals surface area (Å²) in [4.78, 5) is 2.49. The van der Waals surface area contributed by atoms with Crippen LogP contribution in [0.2, 0.25) is 0 Å². The zero-order chi connectivity index (χ0) is 14.6. The molecule has 0 saturated heterocycles. The van der Waals surface area contributed by atoms with Crippen molar-refractivity contribution in [3.8, 4) is 0 Å². The average molecular weight is 262 g/mol. The van der Waals surface area contributed by atoms with Gasteiger partial charge in [-0.1, -0.05) is 44.5 Å². The van der Waals surface area contributed by atoms with Crippen LogP contribution in [0.5, 0.6) is 0 Å². The third-order valence-corrected chi connectivity index (χ3v) is 4.64. The van der Waals surface area contributed by atoms with E-state index in [4.69, 9.17) is 5.73 Å². The quantitative estimate of drug-likeness (QED) is 0.844. The van der Waals surface area contributed by atoms with Gasteiger partial charge in [0.25, 0.3) is 0 Å². The largest absolute Gasteiger partial charge is 0.322 e. The van der Waals surface area contributed by atoms with Crippen molar-refractivity contribution < 1.29 is 0 Å². The molecule has 1 aromatic carbocycles. The molecule has 0 radical (unpaired) electrons. The lowest BCUT2D eigenvalue weighted by atomic mass is 9.81. The van der Waals surface area contributed by atoms with Crippen LogP contribution in [-0.4, -0.2) is 23.5 Å². The highest BCUT2D eigenvalue weighted by atomic mass is 15.2. The number of nitrogens with two attached hydrogens (primary N) is 1. The van der Waals surface area contributed by atoms with E-state index in [9.17, 15) is 0 Å². The molecular formula is C17H30N2. The Labute approximate surface area is 119 Å². The molecule has 2 nitrogen and oxygen atoms in total. The van der Waals surface area contributed by atoms with Crippen molar-refractivity contribution in [3.63, 3.8) is 0 Å². The van der Waals surface area contributed by atoms with Crippen LogP contribution < -0.4 is 5.73 Å². The zero-order valence-electron chi connectivity index (χ0n) is 13.5. The summed E-state index contributed by atoms with van der Waals surface area (Å²) < 4.78 is 0. The molecule has 0 fully saturated rings. The highest BCUT2D eigenvalue weighted by Gasteiger charge is 2.36. The van der Waals surface area contributed by atoms with Gasteiger partial charge in [-0.3, -0.25) is 4.90 Å². The van der Waals surface area contributed by atoms with Gasteiger partial charge in [-0.2, -0.15) is 0 Å². The van der Waals surface area contributed by atoms with Crippen LogP contribution in [0, 0.1) is 13.8 Å². The lowest BCUT2D eigenvalue weighted by Crippen LogP contribution is -2.53. The molecule has 0 amide bonds. The first-order chi connectivity index (χ1) is 8.90. The fraction of sp³-hybridized carbons (Fsp3) is 0.647. The first-order valence-electron chi connectivity index (χ1n) is 7.48. The van der Waals surface area contributed by atoms with E-state index < -0.39 is 0 Å². The Bertz CT molecular complexity index is 410. The molecule has 0 aliphatic carbocycles. The van der Waals surface area contributed by atoms with Gasteiger partial charge in [0.15, 0.2) is 0 Å². The molecule has 2 unspecified atom stereocenters. The van der Waals surface area contributed by atoms with Crippen molar-refractivity contribution in [2.45, 2.75) is 59.5 Å². The van der Waals surface area contributed by atoms with Crippen LogP contribution in [0.1, 0.15) is 56.8 Å². The summed E-state index contributed by atoms with van der Waals surface area (Å²) in [5.74, 6) is 0. The van der Waals surface area contributed by atoms with Gasteiger partial charge in [-0.25, -0.2) is 0 Å². The maximum Gasteiger partial charge on any atom is 0.0482 e. The normalized spacial score (nSPS) is 16.4. The summed E-state index contributed by atoms with van der Waals surface area (Å²) in [7, 11) is 0. The Morgan fingerprint density at radius 1 is 1.16 bits per heavy atom. The standard InChI is InChI=1S/C17H30N2/c1-7-17(6,19(8-2)9-3)16(18)15-12-13(4)10-11-14(15)5/h10-12,16H,7-9,18H2,1-6H3. The van der Waals surface area contributed by atoms with E-state index in [2.05, 4.69) is 64.6 Å². The number of benzene rings is 1. The second-order valence-electron chi connectivity index (χ2n) is 5.72. The first kappa shape index (κ1) is 16.2. The molecule has 0 aromatic heterocycles. The molecule has 0 heterocycles. The number of rotatable bonds is 6. The number of aryl methyl sites for hydroxylation is 2. The molecule has 2 atom stereocenters. The Kier molecular flexibility index (Phi) is 5.57. The molecule has 1 rings (SSSR count). The van der Waals surface area contributed by atoms with Crippen molar-refractivity contribution in [2.24, 2.45) is 5.73 Å². The predicted octanol–water partition coefficient (Wildman–Crippen LogP) is 3.81. The van der Waals surface area contributed by atoms with Gasteiger partial charge in [0.1, 0.15) is 0 Å². The Balaban J connectivity index is 3.20. The first-order valence-corrected chi connectivity index (χ1v) is 7.48. The molecule has 0 aliphatic rings. The van der Waals surface area contributed by atoms with E-state index in [1.165, 1.54) is 16.7 Å². The van der Waals surface area contributed by atoms with Gasteiger partial charge >= 0.3 is 0 Å². The molecule has 19 heavy (non-hydrogen) atoms. The monoisotopic (exact) mass is 262 g/mol. The van der Waals surface area contributed by atoms with Gasteiger partial charge in [-0.15, -0.1) is 0 Å². The molecule has 108 valence electrons. The number of hydrogen-bond donors (Lipinski definition) is 1. The van der Waals surface area contributed by atoms with E-state index in [1.54, 1.807) is 0 Å². The summed E-state index contributed by atoms with van der Waals surface area (Å²) in [6.07, 6.45) is 1.06. The third kappa shape index (κ3) is 3.18. The molecule has 0 bridgehead atoms. The van der Waals surface area contributed by atoms with Crippen LogP contribution >= 0.6 is 0 Å². The topological polar surface area (TPSA) is 29.3 Å². The number of nitrogens with zero attached hydrogens (tertiary/aromatic N) is 1. The van der Waals surface area contributed by atoms with Crippen LogP contribution in [0.3, 0.4) is 0 Å². The zero-order valence-corrected chi connectivity index (χ0v) is 13.5. The maximum absolute atomic E-state index is 6.66. The molecule has 2 N–H and O–H groups in total. The summed E-state index contributed by atoms with van der Waals surface area (Å²) in [5.41, 5.74) is 10.6. The van der Waals surface area contributed by atoms with Gasteiger partial charge < -0.3 is 5.73 Å². The predicted molar refractivity (Wildman–Crippen MR) is 84.5 cm³/mol. The van der Waals surface area contributed by atoms with Gasteiger partial charge in [-0.05, 0) is 51.4 Å². The number of likely N-dealkylation sites (N-methyl/N-ethyl adjacent to an activating group) is 1. The average Bonchev–Trinajstić information content (AvgIpc) is 2.41. The third-order valence-electron chi connectivity index (χ3n) is 4.64. The highest BCUT2D eigenvalue weighted by molar-refractivity contribution is 5.34. The molecule has 0 aliphatic heterocycles. The minimum absolute atomic E-state index is 0.0159. The summed E-state index contributed by atoms with van der Waals surface area (Å²) in [5, 5.41) is 0. The molecule has 0 spiro atoms. The SMILES string of the molecule is CCN(CC)C(C)(CC)C(N)c1cc(C)ccc1C. The fourth-order valence-electron chi connectivity index (χ4n) is 3.02. The van der Waals surface area contributed by atoms with Crippen molar-refractivity contribution in [3.05, 3.63) is 34.9 Å². The Morgan fingerprint density at radius 2 is 1.74 bits per heavy atom. The van der Waals surface area contributed by atoms with E-state index >= 15 is 0 Å². The molecule has 2 heteroatoms. The van der Waals surface area contributed by atoms with E-state index in [-0.39, 0.29) is 11.6 Å². The molecular weight excluding hydrogens is 232 g/mol. The van der Waals surface area contributed by atoms with E-state index in [0.29, 0.717) is 0 Å². The molecule has 0 saturated carbocycles. The van der Waals surface area contributed by atoms with Crippen molar-refractivity contribution in [1.29, 1.82) is 0 Å². The summed E-state index contributed by atoms with van der Waals surface area (Å²) in [6, 6.07) is 6.64. The summed E-state index contributed by atoms with van der Waals surface area (Å²) >= 11 is 0. The van der Waals surface area contributed by atoms with Crippen molar-refractivity contribution in [1.82, 2.24) is 4.90 Å². The smallest absolute Gasteiger partial charge is 0.0482 e. The van der Waals surface area contributed by atoms with Crippen LogP contribution in [0.4, 0.5) is 0 Å². The van der Waals surface area contributed by atoms with Crippen LogP contribution in [-0.2, 0) is 0 Å². The Hall–Kier alpha value is -0.860. The lowest BCUT2D eigenvalue weighted by molar-refractivity contribution is 0.0842. The van der Waals surface area contributed by atoms with E-state index in [0.717, 1.165) is 19.5 Å². The van der Waals surface area contributed by atoms with Crippen molar-refractivity contribution in [2.75, 3.05) is 13.1 Å². The second-order valence-corrected chi connectivity index (χ2v) is 5.72. The molecule has 1 aromatic rings. The van der Waals surface area contributed by atoms with Gasteiger partial charge in [0.2, 0.25) is 0 Å². The van der Waals surface area contributed by atoms with E-state index in [1.807, 2.05) is 0 Å². The highest BCUT2D eigenvalue weighted by Crippen LogP contribution is 2.34. The van der Waals surface area contributed by atoms with Gasteiger partial charge in [0.05, 0.1) is 0 Å². The summed E-state index contributed by atoms with van der Waals surface area (Å²) in [6.45, 7) is 15.3. The van der Waals surface area contributed by atoms with Crippen LogP contribution in [0.15, 0.2) is 18.2 Å². The minimum Gasteiger partial charge on any atom is -0.322 e. The second kappa shape index (κ2) is 6.53. The lowest BCUT2D eigenvalue weighted by Gasteiger charge is -2.44. The van der Waals surface area contributed by atoms with Crippen LogP contribution in [0.25, 0.3) is 0 Å². The maximum atomic E-state index is 6.66. The fourth-order valence-corrected chi connectivity index (χ4v) is 3.02. The van der Waals surface area contributed by atoms with Crippen molar-refractivity contribution >= 4 is 0 Å². The van der Waals surface area contributed by atoms with Gasteiger partial charge in [0, 0.05) is 11.6 Å². The number of hydrogen-bond acceptors (Lipinski definition) is 2.